The van der Waals surface area contributed by atoms with Crippen LogP contribution < -0.4 is 10.5 Å². The van der Waals surface area contributed by atoms with Crippen molar-refractivity contribution in [3.05, 3.63) is 24.2 Å². The average molecular weight is 285 g/mol. The normalized spacial score (nSPS) is 11.8. The van der Waals surface area contributed by atoms with Crippen LogP contribution in [0.4, 0.5) is 0 Å². The van der Waals surface area contributed by atoms with Crippen molar-refractivity contribution < 1.29 is 8.42 Å². The molecule has 19 heavy (non-hydrogen) atoms. The summed E-state index contributed by atoms with van der Waals surface area (Å²) in [6.07, 6.45) is 5.30. The molecule has 0 fully saturated rings. The summed E-state index contributed by atoms with van der Waals surface area (Å²) in [6, 6.07) is 0. The Bertz CT molecular complexity index is 604. The third-order valence-corrected chi connectivity index (χ3v) is 3.97. The maximum Gasteiger partial charge on any atom is 0.257 e. The van der Waals surface area contributed by atoms with Gasteiger partial charge in [-0.1, -0.05) is 5.21 Å². The van der Waals surface area contributed by atoms with Crippen LogP contribution in [-0.2, 0) is 23.1 Å². The fourth-order valence-electron chi connectivity index (χ4n) is 1.55. The number of aryl methyl sites for hydroxylation is 1. The first kappa shape index (κ1) is 13.6. The molecule has 2 aromatic heterocycles. The number of hydrogen-bond donors (Lipinski definition) is 3. The fraction of sp³-hybridized carbons (Fsp3) is 0.444. The predicted molar refractivity (Wildman–Crippen MR) is 66.3 cm³/mol. The fourth-order valence-corrected chi connectivity index (χ4v) is 2.76. The van der Waals surface area contributed by atoms with E-state index < -0.39 is 10.0 Å². The highest BCUT2D eigenvalue weighted by atomic mass is 32.2. The zero-order valence-corrected chi connectivity index (χ0v) is 11.0. The van der Waals surface area contributed by atoms with Crippen LogP contribution in [0.25, 0.3) is 0 Å². The SMILES string of the molecule is NCc1cn[nH]c1S(=O)(=O)NCCCn1ccnn1. The Balaban J connectivity index is 1.88. The first-order valence-electron chi connectivity index (χ1n) is 5.69. The van der Waals surface area contributed by atoms with Gasteiger partial charge in [-0.05, 0) is 6.42 Å². The van der Waals surface area contributed by atoms with Crippen molar-refractivity contribution in [2.45, 2.75) is 24.5 Å². The van der Waals surface area contributed by atoms with Crippen molar-refractivity contribution in [3.63, 3.8) is 0 Å². The minimum Gasteiger partial charge on any atom is -0.326 e. The van der Waals surface area contributed by atoms with Gasteiger partial charge in [0.15, 0.2) is 5.03 Å². The molecule has 0 radical (unpaired) electrons. The van der Waals surface area contributed by atoms with Crippen molar-refractivity contribution in [1.82, 2.24) is 29.9 Å². The highest BCUT2D eigenvalue weighted by molar-refractivity contribution is 7.89. The second-order valence-corrected chi connectivity index (χ2v) is 5.55. The van der Waals surface area contributed by atoms with Gasteiger partial charge in [-0.3, -0.25) is 9.78 Å². The van der Waals surface area contributed by atoms with Crippen molar-refractivity contribution in [3.8, 4) is 0 Å². The van der Waals surface area contributed by atoms with Gasteiger partial charge in [0.1, 0.15) is 0 Å². The van der Waals surface area contributed by atoms with E-state index in [1.807, 2.05) is 0 Å². The molecule has 0 atom stereocenters. The number of H-pyrrole nitrogens is 1. The molecule has 0 amide bonds. The summed E-state index contributed by atoms with van der Waals surface area (Å²) in [5.41, 5.74) is 5.90. The molecule has 10 heteroatoms. The molecule has 0 aromatic carbocycles. The summed E-state index contributed by atoms with van der Waals surface area (Å²) >= 11 is 0. The maximum atomic E-state index is 12.0. The summed E-state index contributed by atoms with van der Waals surface area (Å²) in [5, 5.41) is 13.6. The lowest BCUT2D eigenvalue weighted by Crippen LogP contribution is -2.27. The molecule has 0 saturated heterocycles. The van der Waals surface area contributed by atoms with Crippen LogP contribution in [0.15, 0.2) is 23.6 Å². The van der Waals surface area contributed by atoms with E-state index in [2.05, 4.69) is 25.2 Å². The predicted octanol–water partition coefficient (Wildman–Crippen LogP) is -1.17. The van der Waals surface area contributed by atoms with Crippen molar-refractivity contribution in [2.24, 2.45) is 5.73 Å². The molecule has 0 unspecified atom stereocenters. The minimum atomic E-state index is -3.59. The second-order valence-electron chi connectivity index (χ2n) is 3.85. The summed E-state index contributed by atoms with van der Waals surface area (Å²) in [4.78, 5) is 0. The lowest BCUT2D eigenvalue weighted by Gasteiger charge is -2.06. The largest absolute Gasteiger partial charge is 0.326 e. The van der Waals surface area contributed by atoms with Crippen LogP contribution >= 0.6 is 0 Å². The molecule has 2 heterocycles. The number of aromatic amines is 1. The van der Waals surface area contributed by atoms with Gasteiger partial charge in [0.2, 0.25) is 0 Å². The van der Waals surface area contributed by atoms with Crippen LogP contribution in [0, 0.1) is 0 Å². The van der Waals surface area contributed by atoms with Gasteiger partial charge in [-0.15, -0.1) is 5.10 Å². The molecular formula is C9H15N7O2S. The third kappa shape index (κ3) is 3.36. The number of nitrogens with zero attached hydrogens (tertiary/aromatic N) is 4. The maximum absolute atomic E-state index is 12.0. The molecular weight excluding hydrogens is 270 g/mol. The van der Waals surface area contributed by atoms with Gasteiger partial charge in [0.05, 0.1) is 12.4 Å². The lowest BCUT2D eigenvalue weighted by molar-refractivity contribution is 0.540. The van der Waals surface area contributed by atoms with E-state index in [-0.39, 0.29) is 11.6 Å². The van der Waals surface area contributed by atoms with Crippen LogP contribution in [-0.4, -0.2) is 40.2 Å². The quantitative estimate of drug-likeness (QED) is 0.549. The second kappa shape index (κ2) is 5.91. The van der Waals surface area contributed by atoms with Crippen LogP contribution in [0.5, 0.6) is 0 Å². The van der Waals surface area contributed by atoms with Crippen molar-refractivity contribution >= 4 is 10.0 Å². The van der Waals surface area contributed by atoms with E-state index >= 15 is 0 Å². The first-order chi connectivity index (χ1) is 9.13. The molecule has 0 aliphatic heterocycles. The highest BCUT2D eigenvalue weighted by Crippen LogP contribution is 2.10. The first-order valence-corrected chi connectivity index (χ1v) is 7.18. The molecule has 9 nitrogen and oxygen atoms in total. The van der Waals surface area contributed by atoms with Gasteiger partial charge in [0.25, 0.3) is 10.0 Å². The van der Waals surface area contributed by atoms with Gasteiger partial charge < -0.3 is 5.73 Å². The number of aromatic nitrogens is 5. The molecule has 4 N–H and O–H groups in total. The number of hydrogen-bond acceptors (Lipinski definition) is 6. The smallest absolute Gasteiger partial charge is 0.257 e. The Morgan fingerprint density at radius 1 is 1.47 bits per heavy atom. The molecule has 0 saturated carbocycles. The Morgan fingerprint density at radius 3 is 3.00 bits per heavy atom. The summed E-state index contributed by atoms with van der Waals surface area (Å²) in [5.74, 6) is 0. The number of rotatable bonds is 7. The monoisotopic (exact) mass is 285 g/mol. The Morgan fingerprint density at radius 2 is 2.32 bits per heavy atom. The van der Waals surface area contributed by atoms with E-state index in [0.29, 0.717) is 25.1 Å². The van der Waals surface area contributed by atoms with E-state index in [0.717, 1.165) is 0 Å². The van der Waals surface area contributed by atoms with Crippen LogP contribution in [0.3, 0.4) is 0 Å². The third-order valence-electron chi connectivity index (χ3n) is 2.49. The van der Waals surface area contributed by atoms with Gasteiger partial charge >= 0.3 is 0 Å². The minimum absolute atomic E-state index is 0.0238. The van der Waals surface area contributed by atoms with E-state index in [1.54, 1.807) is 17.1 Å². The molecule has 2 rings (SSSR count). The van der Waals surface area contributed by atoms with E-state index in [9.17, 15) is 8.42 Å². The number of sulfonamides is 1. The molecule has 0 bridgehead atoms. The number of nitrogens with one attached hydrogen (secondary N) is 2. The Kier molecular flexibility index (Phi) is 4.24. The summed E-state index contributed by atoms with van der Waals surface area (Å²) < 4.78 is 28.0. The summed E-state index contributed by atoms with van der Waals surface area (Å²) in [7, 11) is -3.59. The summed E-state index contributed by atoms with van der Waals surface area (Å²) in [6.45, 7) is 1.01. The molecule has 2 aromatic rings. The highest BCUT2D eigenvalue weighted by Gasteiger charge is 2.19. The Labute approximate surface area is 110 Å². The van der Waals surface area contributed by atoms with Crippen molar-refractivity contribution in [1.29, 1.82) is 0 Å². The number of nitrogens with two attached hydrogens (primary N) is 1. The van der Waals surface area contributed by atoms with E-state index in [1.165, 1.54) is 6.20 Å². The Hall–Kier alpha value is -1.78. The van der Waals surface area contributed by atoms with Crippen LogP contribution in [0.2, 0.25) is 0 Å². The van der Waals surface area contributed by atoms with Gasteiger partial charge in [-0.25, -0.2) is 13.1 Å². The van der Waals surface area contributed by atoms with Crippen molar-refractivity contribution in [2.75, 3.05) is 6.54 Å². The molecule has 0 aliphatic rings. The van der Waals surface area contributed by atoms with E-state index in [4.69, 9.17) is 5.73 Å². The zero-order valence-electron chi connectivity index (χ0n) is 10.2. The van der Waals surface area contributed by atoms with Gasteiger partial charge in [-0.2, -0.15) is 5.10 Å². The lowest BCUT2D eigenvalue weighted by atomic mass is 10.4. The molecule has 104 valence electrons. The standard InChI is InChI=1S/C9H15N7O2S/c10-6-8-7-12-14-9(8)19(17,18)13-2-1-4-16-5-3-11-15-16/h3,5,7,13H,1-2,4,6,10H2,(H,12,14). The zero-order chi connectivity index (χ0) is 13.7. The average Bonchev–Trinajstić information content (AvgIpc) is 3.05. The molecule has 0 spiro atoms. The van der Waals surface area contributed by atoms with Crippen LogP contribution in [0.1, 0.15) is 12.0 Å². The topological polar surface area (TPSA) is 132 Å². The van der Waals surface area contributed by atoms with Gasteiger partial charge in [0, 0.05) is 31.4 Å². The molecule has 0 aliphatic carbocycles.